The van der Waals surface area contributed by atoms with Crippen LogP contribution in [0.2, 0.25) is 0 Å². The summed E-state index contributed by atoms with van der Waals surface area (Å²) in [6, 6.07) is 8.47. The summed E-state index contributed by atoms with van der Waals surface area (Å²) in [4.78, 5) is 34.5. The molecule has 1 atom stereocenters. The first kappa shape index (κ1) is 45.8. The molecule has 0 saturated heterocycles. The molecule has 1 spiro atoms. The predicted molar refractivity (Wildman–Crippen MR) is 202 cm³/mol. The van der Waals surface area contributed by atoms with Crippen molar-refractivity contribution in [3.63, 3.8) is 0 Å². The maximum Gasteiger partial charge on any atom is 0.433 e. The number of aliphatic hydroxyl groups excluding tert-OH is 1. The zero-order chi connectivity index (χ0) is 45.5. The number of hydrazine groups is 1. The van der Waals surface area contributed by atoms with Crippen molar-refractivity contribution in [1.82, 2.24) is 20.0 Å². The maximum atomic E-state index is 15.7. The van der Waals surface area contributed by atoms with E-state index in [0.29, 0.717) is 42.9 Å². The summed E-state index contributed by atoms with van der Waals surface area (Å²) in [5.41, 5.74) is -6.52. The molecular weight excluding hydrogens is 863 g/mol. The molecule has 4 aromatic rings. The number of amides is 2. The van der Waals surface area contributed by atoms with E-state index in [2.05, 4.69) is 15.3 Å². The van der Waals surface area contributed by atoms with Gasteiger partial charge in [0.1, 0.15) is 30.0 Å². The first-order chi connectivity index (χ1) is 28.9. The first-order valence-corrected chi connectivity index (χ1v) is 20.1. The monoisotopic (exact) mass is 899 g/mol. The van der Waals surface area contributed by atoms with E-state index in [0.717, 1.165) is 23.2 Å². The van der Waals surface area contributed by atoms with Gasteiger partial charge in [-0.3, -0.25) is 19.2 Å². The van der Waals surface area contributed by atoms with Crippen LogP contribution in [0.15, 0.2) is 77.2 Å². The Bertz CT molecular complexity index is 2550. The van der Waals surface area contributed by atoms with E-state index in [1.165, 1.54) is 37.2 Å². The fourth-order valence-corrected chi connectivity index (χ4v) is 8.19. The van der Waals surface area contributed by atoms with Crippen LogP contribution >= 0.6 is 0 Å². The highest BCUT2D eigenvalue weighted by atomic mass is 32.2. The number of nitrogens with zero attached hydrogens (tertiary/aromatic N) is 4. The minimum atomic E-state index is -5.02. The molecule has 0 radical (unpaired) electrons. The number of anilines is 1. The summed E-state index contributed by atoms with van der Waals surface area (Å²) < 4.78 is 157. The lowest BCUT2D eigenvalue weighted by Gasteiger charge is -2.48. The number of aromatic nitrogens is 2. The number of ether oxygens (including phenoxy) is 2. The summed E-state index contributed by atoms with van der Waals surface area (Å²) in [5, 5.41) is 16.0. The Hall–Kier alpha value is -5.71. The number of nitrogens with one attached hydrogen (secondary N) is 1. The topological polar surface area (TPSA) is 171 Å². The second-order valence-corrected chi connectivity index (χ2v) is 16.0. The molecule has 22 heteroatoms. The SMILES string of the molecule is Cc1ccc(S(=O)(=O)O)c(C(C)OCCOc2ccc(CN3C(=O)C(C(=O)Nc4ccc(C(F)(F)F)cc4-c4cc(C(F)(F)F)ncn4)=C(O)C4(CCCC4)N3C)c(F)c2F)c1. The number of benzene rings is 3. The van der Waals surface area contributed by atoms with Gasteiger partial charge < -0.3 is 19.9 Å². The Labute approximate surface area is 348 Å². The van der Waals surface area contributed by atoms with E-state index in [-0.39, 0.29) is 36.5 Å². The Kier molecular flexibility index (Phi) is 12.7. The normalized spacial score (nSPS) is 16.6. The van der Waals surface area contributed by atoms with Crippen molar-refractivity contribution in [3.05, 3.63) is 112 Å². The maximum absolute atomic E-state index is 15.7. The van der Waals surface area contributed by atoms with Crippen molar-refractivity contribution in [2.24, 2.45) is 0 Å². The average molecular weight is 900 g/mol. The smallest absolute Gasteiger partial charge is 0.433 e. The third-order valence-corrected chi connectivity index (χ3v) is 11.6. The second kappa shape index (κ2) is 17.2. The zero-order valence-electron chi connectivity index (χ0n) is 32.9. The van der Waals surface area contributed by atoms with Crippen LogP contribution in [0.25, 0.3) is 11.3 Å². The molecule has 1 aliphatic carbocycles. The molecule has 3 N–H and O–H groups in total. The third kappa shape index (κ3) is 9.22. The number of hydrogen-bond donors (Lipinski definition) is 3. The Balaban J connectivity index is 1.24. The summed E-state index contributed by atoms with van der Waals surface area (Å²) in [6.07, 6.45) is -9.07. The first-order valence-electron chi connectivity index (χ1n) is 18.6. The standard InChI is InChI=1S/C40H37F8N5O8S/c1-21-6-11-30(62(57,58)59)25(16-21)22(2)60-14-15-61-29-10-7-23(33(41)34(29)42)19-53-37(56)32(35(54)38(52(53)3)12-4-5-13-38)36(55)51-27-9-8-24(39(43,44)45)17-26(27)28-18-31(40(46,47)48)50-20-49-28/h6-11,16-18,20,22,54H,4-5,12-15,19H2,1-3H3,(H,51,55)(H,57,58,59). The molecule has 3 aromatic carbocycles. The van der Waals surface area contributed by atoms with Gasteiger partial charge in [-0.1, -0.05) is 36.6 Å². The van der Waals surface area contributed by atoms with Gasteiger partial charge >= 0.3 is 12.4 Å². The van der Waals surface area contributed by atoms with Gasteiger partial charge in [0.05, 0.1) is 46.6 Å². The van der Waals surface area contributed by atoms with Crippen LogP contribution in [-0.2, 0) is 43.3 Å². The summed E-state index contributed by atoms with van der Waals surface area (Å²) in [5.74, 6) is -6.78. The van der Waals surface area contributed by atoms with E-state index < -0.39 is 115 Å². The Morgan fingerprint density at radius 2 is 1.65 bits per heavy atom. The van der Waals surface area contributed by atoms with Crippen molar-refractivity contribution < 1.29 is 72.3 Å². The number of likely N-dealkylation sites (N-methyl/N-ethyl adjacent to an activating group) is 1. The van der Waals surface area contributed by atoms with Gasteiger partial charge in [0.2, 0.25) is 5.82 Å². The molecular formula is C40H37F8N5O8S. The van der Waals surface area contributed by atoms with Crippen molar-refractivity contribution in [3.8, 4) is 17.0 Å². The van der Waals surface area contributed by atoms with Gasteiger partial charge in [0, 0.05) is 23.7 Å². The van der Waals surface area contributed by atoms with Crippen LogP contribution in [-0.4, -0.2) is 75.7 Å². The van der Waals surface area contributed by atoms with Crippen molar-refractivity contribution in [2.45, 2.75) is 75.0 Å². The molecule has 62 heavy (non-hydrogen) atoms. The zero-order valence-corrected chi connectivity index (χ0v) is 33.7. The molecule has 0 bridgehead atoms. The molecule has 1 aromatic heterocycles. The molecule has 2 aliphatic rings. The molecule has 2 heterocycles. The summed E-state index contributed by atoms with van der Waals surface area (Å²) >= 11 is 0. The molecule has 1 saturated carbocycles. The van der Waals surface area contributed by atoms with E-state index in [1.807, 2.05) is 0 Å². The molecule has 1 fully saturated rings. The highest BCUT2D eigenvalue weighted by Crippen LogP contribution is 2.45. The second-order valence-electron chi connectivity index (χ2n) is 14.6. The minimum Gasteiger partial charge on any atom is -0.509 e. The lowest BCUT2D eigenvalue weighted by Crippen LogP contribution is -2.62. The molecule has 6 rings (SSSR count). The molecule has 2 amide bonds. The van der Waals surface area contributed by atoms with Crippen molar-refractivity contribution in [1.29, 1.82) is 0 Å². The van der Waals surface area contributed by atoms with Gasteiger partial charge in [-0.05, 0) is 63.1 Å². The fraction of sp³-hybridized carbons (Fsp3) is 0.350. The van der Waals surface area contributed by atoms with Crippen LogP contribution < -0.4 is 10.1 Å². The quantitative estimate of drug-likeness (QED) is 0.0543. The van der Waals surface area contributed by atoms with Gasteiger partial charge in [0.25, 0.3) is 21.9 Å². The van der Waals surface area contributed by atoms with Crippen LogP contribution in [0, 0.1) is 18.6 Å². The van der Waals surface area contributed by atoms with Gasteiger partial charge in [-0.25, -0.2) is 19.4 Å². The van der Waals surface area contributed by atoms with E-state index in [4.69, 9.17) is 9.47 Å². The summed E-state index contributed by atoms with van der Waals surface area (Å²) in [6.45, 7) is 1.93. The van der Waals surface area contributed by atoms with Crippen LogP contribution in [0.3, 0.4) is 0 Å². The van der Waals surface area contributed by atoms with E-state index in [9.17, 15) is 54.0 Å². The van der Waals surface area contributed by atoms with Crippen molar-refractivity contribution in [2.75, 3.05) is 25.6 Å². The number of alkyl halides is 6. The number of halogens is 8. The molecule has 1 unspecified atom stereocenters. The highest BCUT2D eigenvalue weighted by Gasteiger charge is 2.53. The largest absolute Gasteiger partial charge is 0.509 e. The van der Waals surface area contributed by atoms with Gasteiger partial charge in [-0.2, -0.15) is 39.2 Å². The number of carbonyl (C=O) groups excluding carboxylic acids is 2. The number of carbonyl (C=O) groups is 2. The minimum absolute atomic E-state index is 0.157. The lowest BCUT2D eigenvalue weighted by atomic mass is 9.88. The number of aryl methyl sites for hydroxylation is 1. The number of rotatable bonds is 12. The Morgan fingerprint density at radius 1 is 0.952 bits per heavy atom. The molecule has 1 aliphatic heterocycles. The number of hydrogen-bond acceptors (Lipinski definition) is 10. The Morgan fingerprint density at radius 3 is 2.29 bits per heavy atom. The predicted octanol–water partition coefficient (Wildman–Crippen LogP) is 8.12. The fourth-order valence-electron chi connectivity index (χ4n) is 7.43. The molecule has 332 valence electrons. The van der Waals surface area contributed by atoms with Gasteiger partial charge in [-0.15, -0.1) is 0 Å². The number of aliphatic hydroxyl groups is 1. The van der Waals surface area contributed by atoms with Crippen LogP contribution in [0.4, 0.5) is 40.8 Å². The van der Waals surface area contributed by atoms with Crippen LogP contribution in [0.1, 0.15) is 66.7 Å². The van der Waals surface area contributed by atoms with Crippen LogP contribution in [0.5, 0.6) is 5.75 Å². The average Bonchev–Trinajstić information content (AvgIpc) is 3.70. The summed E-state index contributed by atoms with van der Waals surface area (Å²) in [7, 11) is -3.19. The van der Waals surface area contributed by atoms with Gasteiger partial charge in [0.15, 0.2) is 11.6 Å². The van der Waals surface area contributed by atoms with E-state index in [1.54, 1.807) is 6.92 Å². The van der Waals surface area contributed by atoms with E-state index >= 15 is 8.78 Å². The molecule has 13 nitrogen and oxygen atoms in total. The third-order valence-electron chi connectivity index (χ3n) is 10.6. The highest BCUT2D eigenvalue weighted by molar-refractivity contribution is 7.85. The lowest BCUT2D eigenvalue weighted by molar-refractivity contribution is -0.163. The van der Waals surface area contributed by atoms with Crippen molar-refractivity contribution >= 4 is 27.6 Å².